The van der Waals surface area contributed by atoms with Crippen LogP contribution in [-0.4, -0.2) is 103 Å². The van der Waals surface area contributed by atoms with E-state index in [1.807, 2.05) is 7.05 Å². The summed E-state index contributed by atoms with van der Waals surface area (Å²) < 4.78 is 15.7. The first-order valence-electron chi connectivity index (χ1n) is 8.41. The van der Waals surface area contributed by atoms with Crippen molar-refractivity contribution < 1.29 is 14.2 Å². The summed E-state index contributed by atoms with van der Waals surface area (Å²) in [6.45, 7) is 7.76. The third-order valence-electron chi connectivity index (χ3n) is 4.04. The first-order chi connectivity index (χ1) is 11.2. The van der Waals surface area contributed by atoms with E-state index < -0.39 is 0 Å². The van der Waals surface area contributed by atoms with Gasteiger partial charge in [0.2, 0.25) is 0 Å². The van der Waals surface area contributed by atoms with Crippen LogP contribution in [0.25, 0.3) is 0 Å². The number of nitrogens with zero attached hydrogens (tertiary/aromatic N) is 3. The van der Waals surface area contributed by atoms with Crippen molar-refractivity contribution in [1.82, 2.24) is 15.1 Å². The minimum Gasteiger partial charge on any atom is -0.383 e. The van der Waals surface area contributed by atoms with Crippen molar-refractivity contribution in [1.29, 1.82) is 0 Å². The lowest BCUT2D eigenvalue weighted by Gasteiger charge is -2.23. The van der Waals surface area contributed by atoms with Crippen LogP contribution >= 0.6 is 24.0 Å². The van der Waals surface area contributed by atoms with Gasteiger partial charge in [-0.25, -0.2) is 0 Å². The molecule has 0 aromatic carbocycles. The molecular formula is C16H35IN4O3. The Kier molecular flexibility index (Phi) is 15.0. The highest BCUT2D eigenvalue weighted by Gasteiger charge is 2.24. The molecule has 8 heteroatoms. The molecule has 1 aliphatic heterocycles. The van der Waals surface area contributed by atoms with Gasteiger partial charge in [0.1, 0.15) is 0 Å². The zero-order valence-corrected chi connectivity index (χ0v) is 18.0. The van der Waals surface area contributed by atoms with Crippen molar-refractivity contribution in [3.05, 3.63) is 0 Å². The third kappa shape index (κ3) is 9.97. The van der Waals surface area contributed by atoms with Gasteiger partial charge >= 0.3 is 0 Å². The average Bonchev–Trinajstić information content (AvgIpc) is 3.02. The quantitative estimate of drug-likeness (QED) is 0.214. The number of hydrogen-bond acceptors (Lipinski definition) is 5. The van der Waals surface area contributed by atoms with Crippen molar-refractivity contribution in [2.45, 2.75) is 6.42 Å². The highest BCUT2D eigenvalue weighted by atomic mass is 127. The van der Waals surface area contributed by atoms with Gasteiger partial charge in [-0.1, -0.05) is 0 Å². The second-order valence-corrected chi connectivity index (χ2v) is 5.94. The largest absolute Gasteiger partial charge is 0.383 e. The predicted molar refractivity (Wildman–Crippen MR) is 109 cm³/mol. The Morgan fingerprint density at radius 2 is 1.96 bits per heavy atom. The second-order valence-electron chi connectivity index (χ2n) is 5.94. The molecule has 0 aromatic heterocycles. The van der Waals surface area contributed by atoms with E-state index >= 15 is 0 Å². The number of likely N-dealkylation sites (tertiary alicyclic amines) is 1. The summed E-state index contributed by atoms with van der Waals surface area (Å²) in [6, 6.07) is 0. The minimum absolute atomic E-state index is 0. The van der Waals surface area contributed by atoms with Crippen molar-refractivity contribution in [3.8, 4) is 0 Å². The Labute approximate surface area is 164 Å². The third-order valence-corrected chi connectivity index (χ3v) is 4.04. The monoisotopic (exact) mass is 458 g/mol. The molecule has 0 saturated carbocycles. The van der Waals surface area contributed by atoms with Gasteiger partial charge in [-0.15, -0.1) is 24.0 Å². The number of halogens is 1. The summed E-state index contributed by atoms with van der Waals surface area (Å²) in [5.41, 5.74) is 0. The van der Waals surface area contributed by atoms with Gasteiger partial charge in [-0.05, 0) is 13.5 Å². The molecule has 0 spiro atoms. The number of guanidine groups is 1. The Hall–Kier alpha value is -0.160. The van der Waals surface area contributed by atoms with Crippen molar-refractivity contribution in [2.75, 3.05) is 87.5 Å². The Morgan fingerprint density at radius 1 is 1.21 bits per heavy atom. The molecule has 0 radical (unpaired) electrons. The molecule has 1 N–H and O–H groups in total. The molecular weight excluding hydrogens is 423 g/mol. The molecule has 0 amide bonds. The fourth-order valence-electron chi connectivity index (χ4n) is 2.60. The number of nitrogens with one attached hydrogen (secondary N) is 1. The number of ether oxygens (including phenoxy) is 3. The average molecular weight is 458 g/mol. The summed E-state index contributed by atoms with van der Waals surface area (Å²) in [4.78, 5) is 8.97. The molecule has 0 bridgehead atoms. The number of rotatable bonds is 11. The van der Waals surface area contributed by atoms with Gasteiger partial charge in [-0.3, -0.25) is 4.99 Å². The lowest BCUT2D eigenvalue weighted by atomic mass is 10.1. The lowest BCUT2D eigenvalue weighted by molar-refractivity contribution is 0.0536. The Bertz CT molecular complexity index is 334. The highest BCUT2D eigenvalue weighted by molar-refractivity contribution is 14.0. The molecule has 1 saturated heterocycles. The fraction of sp³-hybridized carbons (Fsp3) is 0.938. The number of likely N-dealkylation sites (N-methyl/N-ethyl adjacent to an activating group) is 1. The normalized spacial score (nSPS) is 18.1. The van der Waals surface area contributed by atoms with Crippen LogP contribution in [-0.2, 0) is 14.2 Å². The molecule has 7 nitrogen and oxygen atoms in total. The van der Waals surface area contributed by atoms with Gasteiger partial charge in [0, 0.05) is 59.9 Å². The van der Waals surface area contributed by atoms with Gasteiger partial charge in [-0.2, -0.15) is 0 Å². The van der Waals surface area contributed by atoms with Crippen molar-refractivity contribution in [2.24, 2.45) is 10.9 Å². The van der Waals surface area contributed by atoms with E-state index in [0.717, 1.165) is 58.3 Å². The molecule has 0 aromatic rings. The van der Waals surface area contributed by atoms with E-state index in [-0.39, 0.29) is 24.0 Å². The van der Waals surface area contributed by atoms with Crippen LogP contribution < -0.4 is 5.32 Å². The fourth-order valence-corrected chi connectivity index (χ4v) is 2.60. The maximum atomic E-state index is 5.64. The predicted octanol–water partition coefficient (Wildman–Crippen LogP) is 0.743. The standard InChI is InChI=1S/C16H34N4O3.HI/c1-17-16(18-6-8-19(2)9-10-21-3)20-7-5-15(13-20)14-23-12-11-22-4;/h15H,5-14H2,1-4H3,(H,17,18);1H. The van der Waals surface area contributed by atoms with Crippen LogP contribution in [0.1, 0.15) is 6.42 Å². The molecule has 1 heterocycles. The maximum Gasteiger partial charge on any atom is 0.193 e. The van der Waals surface area contributed by atoms with Crippen LogP contribution in [0.2, 0.25) is 0 Å². The highest BCUT2D eigenvalue weighted by Crippen LogP contribution is 2.16. The van der Waals surface area contributed by atoms with E-state index in [4.69, 9.17) is 14.2 Å². The van der Waals surface area contributed by atoms with Crippen molar-refractivity contribution >= 4 is 29.9 Å². The van der Waals surface area contributed by atoms with E-state index in [9.17, 15) is 0 Å². The first kappa shape index (κ1) is 23.8. The SMILES string of the molecule is CN=C(NCCN(C)CCOC)N1CCC(COCCOC)C1.I. The molecule has 144 valence electrons. The summed E-state index contributed by atoms with van der Waals surface area (Å²) in [6.07, 6.45) is 1.15. The molecule has 1 atom stereocenters. The summed E-state index contributed by atoms with van der Waals surface area (Å²) >= 11 is 0. The van der Waals surface area contributed by atoms with Crippen LogP contribution in [0.3, 0.4) is 0 Å². The first-order valence-corrected chi connectivity index (χ1v) is 8.41. The summed E-state index contributed by atoms with van der Waals surface area (Å²) in [7, 11) is 7.38. The zero-order chi connectivity index (χ0) is 16.9. The lowest BCUT2D eigenvalue weighted by Crippen LogP contribution is -2.43. The summed E-state index contributed by atoms with van der Waals surface area (Å²) in [5.74, 6) is 1.57. The van der Waals surface area contributed by atoms with Crippen LogP contribution in [0.4, 0.5) is 0 Å². The molecule has 0 aliphatic carbocycles. The Morgan fingerprint density at radius 3 is 2.62 bits per heavy atom. The molecule has 1 fully saturated rings. The zero-order valence-electron chi connectivity index (χ0n) is 15.6. The van der Waals surface area contributed by atoms with E-state index in [1.54, 1.807) is 14.2 Å². The van der Waals surface area contributed by atoms with Crippen LogP contribution in [0, 0.1) is 5.92 Å². The van der Waals surface area contributed by atoms with E-state index in [2.05, 4.69) is 27.2 Å². The second kappa shape index (κ2) is 15.1. The van der Waals surface area contributed by atoms with Gasteiger partial charge in [0.05, 0.1) is 26.4 Å². The topological polar surface area (TPSA) is 58.6 Å². The molecule has 1 aliphatic rings. The van der Waals surface area contributed by atoms with Gasteiger partial charge in [0.15, 0.2) is 5.96 Å². The van der Waals surface area contributed by atoms with Gasteiger partial charge in [0.25, 0.3) is 0 Å². The smallest absolute Gasteiger partial charge is 0.193 e. The van der Waals surface area contributed by atoms with Crippen LogP contribution in [0.15, 0.2) is 4.99 Å². The van der Waals surface area contributed by atoms with Crippen molar-refractivity contribution in [3.63, 3.8) is 0 Å². The number of methoxy groups -OCH3 is 2. The Balaban J connectivity index is 0.00000529. The van der Waals surface area contributed by atoms with E-state index in [1.165, 1.54) is 0 Å². The maximum absolute atomic E-state index is 5.64. The number of hydrogen-bond donors (Lipinski definition) is 1. The summed E-state index contributed by atoms with van der Waals surface area (Å²) in [5, 5.41) is 3.45. The van der Waals surface area contributed by atoms with Crippen LogP contribution in [0.5, 0.6) is 0 Å². The van der Waals surface area contributed by atoms with Gasteiger partial charge < -0.3 is 29.3 Å². The van der Waals surface area contributed by atoms with E-state index in [0.29, 0.717) is 19.1 Å². The number of aliphatic imine (C=N–C) groups is 1. The molecule has 1 rings (SSSR count). The molecule has 1 unspecified atom stereocenters. The minimum atomic E-state index is 0. The molecule has 24 heavy (non-hydrogen) atoms.